The van der Waals surface area contributed by atoms with Crippen molar-refractivity contribution in [1.29, 1.82) is 0 Å². The topological polar surface area (TPSA) is 68.0 Å². The first kappa shape index (κ1) is 17.3. The van der Waals surface area contributed by atoms with Crippen LogP contribution in [0.1, 0.15) is 54.4 Å². The Morgan fingerprint density at radius 1 is 1.31 bits per heavy atom. The average Bonchev–Trinajstić information content (AvgIpc) is 3.30. The summed E-state index contributed by atoms with van der Waals surface area (Å²) in [6, 6.07) is 2.45. The summed E-state index contributed by atoms with van der Waals surface area (Å²) < 4.78 is 3.94. The quantitative estimate of drug-likeness (QED) is 0.904. The molecular weight excluding hydrogens is 328 g/mol. The molecule has 4 rings (SSSR count). The van der Waals surface area contributed by atoms with Gasteiger partial charge in [-0.05, 0) is 25.8 Å². The van der Waals surface area contributed by atoms with Crippen LogP contribution >= 0.6 is 0 Å². The first-order chi connectivity index (χ1) is 12.5. The van der Waals surface area contributed by atoms with Crippen LogP contribution in [0.5, 0.6) is 0 Å². The standard InChI is InChI=1S/C19H28N6O/c1-13-8-15(24(3)22-13)9-25-10-16(18-17(11-25)20-12-23(18)2)19(26)21-14-6-4-5-7-14/h8,12,14,16H,4-7,9-11H2,1-3H3,(H,21,26)/t16-/m0/s1. The van der Waals surface area contributed by atoms with E-state index in [0.717, 1.165) is 55.3 Å². The Morgan fingerprint density at radius 2 is 2.08 bits per heavy atom. The molecule has 0 saturated heterocycles. The van der Waals surface area contributed by atoms with Crippen LogP contribution in [0.4, 0.5) is 0 Å². The van der Waals surface area contributed by atoms with Gasteiger partial charge in [0, 0.05) is 39.8 Å². The Morgan fingerprint density at radius 3 is 2.77 bits per heavy atom. The van der Waals surface area contributed by atoms with Gasteiger partial charge in [-0.1, -0.05) is 12.8 Å². The molecule has 0 aromatic carbocycles. The summed E-state index contributed by atoms with van der Waals surface area (Å²) in [6.45, 7) is 4.28. The van der Waals surface area contributed by atoms with Crippen molar-refractivity contribution in [3.8, 4) is 0 Å². The van der Waals surface area contributed by atoms with E-state index in [4.69, 9.17) is 0 Å². The maximum absolute atomic E-state index is 13.0. The van der Waals surface area contributed by atoms with Crippen LogP contribution in [0.3, 0.4) is 0 Å². The predicted octanol–water partition coefficient (Wildman–Crippen LogP) is 1.62. The van der Waals surface area contributed by atoms with Gasteiger partial charge in [0.2, 0.25) is 5.91 Å². The lowest BCUT2D eigenvalue weighted by molar-refractivity contribution is -0.124. The zero-order valence-corrected chi connectivity index (χ0v) is 15.9. The lowest BCUT2D eigenvalue weighted by Gasteiger charge is -2.32. The molecule has 0 unspecified atom stereocenters. The number of nitrogens with one attached hydrogen (secondary N) is 1. The lowest BCUT2D eigenvalue weighted by Crippen LogP contribution is -2.44. The van der Waals surface area contributed by atoms with Gasteiger partial charge in [0.25, 0.3) is 0 Å². The molecule has 2 aliphatic rings. The van der Waals surface area contributed by atoms with Crippen molar-refractivity contribution in [3.63, 3.8) is 0 Å². The molecule has 7 nitrogen and oxygen atoms in total. The third-order valence-electron chi connectivity index (χ3n) is 5.71. The fraction of sp³-hybridized carbons (Fsp3) is 0.632. The van der Waals surface area contributed by atoms with Crippen LogP contribution in [0.15, 0.2) is 12.4 Å². The third-order valence-corrected chi connectivity index (χ3v) is 5.71. The fourth-order valence-electron chi connectivity index (χ4n) is 4.42. The van der Waals surface area contributed by atoms with Crippen LogP contribution in [0.2, 0.25) is 0 Å². The Hall–Kier alpha value is -2.15. The number of hydrogen-bond acceptors (Lipinski definition) is 4. The molecule has 1 fully saturated rings. The van der Waals surface area contributed by atoms with Crippen LogP contribution in [-0.4, -0.2) is 42.7 Å². The van der Waals surface area contributed by atoms with E-state index in [1.807, 2.05) is 36.6 Å². The van der Waals surface area contributed by atoms with Crippen molar-refractivity contribution in [2.45, 2.75) is 57.7 Å². The highest BCUT2D eigenvalue weighted by Crippen LogP contribution is 2.29. The fourth-order valence-corrected chi connectivity index (χ4v) is 4.42. The van der Waals surface area contributed by atoms with E-state index in [1.165, 1.54) is 12.8 Å². The summed E-state index contributed by atoms with van der Waals surface area (Å²) in [5, 5.41) is 7.72. The number of amides is 1. The molecule has 0 bridgehead atoms. The molecule has 2 aromatic rings. The van der Waals surface area contributed by atoms with E-state index in [1.54, 1.807) is 0 Å². The monoisotopic (exact) mass is 356 g/mol. The second-order valence-corrected chi connectivity index (χ2v) is 7.80. The van der Waals surface area contributed by atoms with Crippen molar-refractivity contribution < 1.29 is 4.79 Å². The summed E-state index contributed by atoms with van der Waals surface area (Å²) in [4.78, 5) is 19.9. The first-order valence-electron chi connectivity index (χ1n) is 9.53. The Balaban J connectivity index is 1.54. The highest BCUT2D eigenvalue weighted by molar-refractivity contribution is 5.84. The third kappa shape index (κ3) is 3.28. The molecule has 140 valence electrons. The SMILES string of the molecule is Cc1cc(CN2Cc3ncn(C)c3[C@@H](C(=O)NC3CCCC3)C2)n(C)n1. The highest BCUT2D eigenvalue weighted by Gasteiger charge is 2.35. The van der Waals surface area contributed by atoms with Gasteiger partial charge in [0.1, 0.15) is 0 Å². The molecule has 1 N–H and O–H groups in total. The molecule has 1 amide bonds. The normalized spacial score (nSPS) is 21.1. The van der Waals surface area contributed by atoms with Gasteiger partial charge < -0.3 is 9.88 Å². The minimum atomic E-state index is -0.166. The highest BCUT2D eigenvalue weighted by atomic mass is 16.2. The molecule has 2 aromatic heterocycles. The summed E-state index contributed by atoms with van der Waals surface area (Å²) in [7, 11) is 3.96. The Labute approximate surface area is 154 Å². The summed E-state index contributed by atoms with van der Waals surface area (Å²) >= 11 is 0. The number of aryl methyl sites for hydroxylation is 3. The maximum Gasteiger partial charge on any atom is 0.230 e. The van der Waals surface area contributed by atoms with E-state index in [9.17, 15) is 4.79 Å². The minimum Gasteiger partial charge on any atom is -0.353 e. The van der Waals surface area contributed by atoms with Crippen LogP contribution in [0, 0.1) is 6.92 Å². The number of aromatic nitrogens is 4. The smallest absolute Gasteiger partial charge is 0.230 e. The van der Waals surface area contributed by atoms with Gasteiger partial charge in [0.05, 0.1) is 35.0 Å². The van der Waals surface area contributed by atoms with Crippen LogP contribution < -0.4 is 5.32 Å². The second kappa shape index (κ2) is 6.87. The molecule has 0 spiro atoms. The van der Waals surface area contributed by atoms with Crippen molar-refractivity contribution >= 4 is 5.91 Å². The first-order valence-corrected chi connectivity index (χ1v) is 9.53. The Bertz CT molecular complexity index is 801. The Kier molecular flexibility index (Phi) is 4.56. The molecule has 3 heterocycles. The van der Waals surface area contributed by atoms with Crippen molar-refractivity contribution in [1.82, 2.24) is 29.5 Å². The molecule has 0 radical (unpaired) electrons. The van der Waals surface area contributed by atoms with Crippen molar-refractivity contribution in [2.75, 3.05) is 6.54 Å². The van der Waals surface area contributed by atoms with Crippen LogP contribution in [-0.2, 0) is 32.0 Å². The van der Waals surface area contributed by atoms with E-state index < -0.39 is 0 Å². The number of imidazole rings is 1. The zero-order valence-electron chi connectivity index (χ0n) is 15.9. The van der Waals surface area contributed by atoms with Crippen molar-refractivity contribution in [3.05, 3.63) is 35.2 Å². The zero-order chi connectivity index (χ0) is 18.3. The number of carbonyl (C=O) groups is 1. The van der Waals surface area contributed by atoms with E-state index in [0.29, 0.717) is 6.04 Å². The number of fused-ring (bicyclic) bond motifs is 1. The average molecular weight is 356 g/mol. The van der Waals surface area contributed by atoms with E-state index in [-0.39, 0.29) is 11.8 Å². The number of nitrogens with zero attached hydrogens (tertiary/aromatic N) is 5. The van der Waals surface area contributed by atoms with Crippen molar-refractivity contribution in [2.24, 2.45) is 14.1 Å². The van der Waals surface area contributed by atoms with Crippen LogP contribution in [0.25, 0.3) is 0 Å². The van der Waals surface area contributed by atoms with Gasteiger partial charge in [-0.25, -0.2) is 4.98 Å². The van der Waals surface area contributed by atoms with Gasteiger partial charge in [0.15, 0.2) is 0 Å². The predicted molar refractivity (Wildman–Crippen MR) is 98.4 cm³/mol. The number of carbonyl (C=O) groups excluding carboxylic acids is 1. The van der Waals surface area contributed by atoms with Gasteiger partial charge in [-0.15, -0.1) is 0 Å². The lowest BCUT2D eigenvalue weighted by atomic mass is 9.96. The number of rotatable bonds is 4. The molecule has 1 atom stereocenters. The van der Waals surface area contributed by atoms with Gasteiger partial charge in [-0.3, -0.25) is 14.4 Å². The molecule has 1 saturated carbocycles. The second-order valence-electron chi connectivity index (χ2n) is 7.80. The van der Waals surface area contributed by atoms with Gasteiger partial charge in [-0.2, -0.15) is 5.10 Å². The number of hydrogen-bond donors (Lipinski definition) is 1. The maximum atomic E-state index is 13.0. The largest absolute Gasteiger partial charge is 0.353 e. The molecular formula is C19H28N6O. The molecule has 1 aliphatic heterocycles. The van der Waals surface area contributed by atoms with E-state index >= 15 is 0 Å². The summed E-state index contributed by atoms with van der Waals surface area (Å²) in [5.41, 5.74) is 4.27. The summed E-state index contributed by atoms with van der Waals surface area (Å²) in [6.07, 6.45) is 6.48. The minimum absolute atomic E-state index is 0.146. The summed E-state index contributed by atoms with van der Waals surface area (Å²) in [5.74, 6) is -0.0196. The van der Waals surface area contributed by atoms with Gasteiger partial charge >= 0.3 is 0 Å². The molecule has 7 heteroatoms. The molecule has 26 heavy (non-hydrogen) atoms. The van der Waals surface area contributed by atoms with E-state index in [2.05, 4.69) is 26.4 Å². The molecule has 1 aliphatic carbocycles.